The van der Waals surface area contributed by atoms with Crippen molar-refractivity contribution in [1.29, 1.82) is 0 Å². The van der Waals surface area contributed by atoms with Crippen LogP contribution in [-0.4, -0.2) is 37.2 Å². The Bertz CT molecular complexity index is 1090. The molecule has 0 saturated heterocycles. The van der Waals surface area contributed by atoms with Crippen LogP contribution in [0.3, 0.4) is 0 Å². The number of carbonyl (C=O) groups is 3. The van der Waals surface area contributed by atoms with Crippen LogP contribution >= 0.6 is 0 Å². The Kier molecular flexibility index (Phi) is 58.1. The van der Waals surface area contributed by atoms with Gasteiger partial charge < -0.3 is 14.2 Å². The van der Waals surface area contributed by atoms with Crippen molar-refractivity contribution in [3.63, 3.8) is 0 Å². The van der Waals surface area contributed by atoms with Gasteiger partial charge in [0, 0.05) is 19.3 Å². The van der Waals surface area contributed by atoms with Crippen molar-refractivity contribution in [2.24, 2.45) is 0 Å². The molecule has 1 atom stereocenters. The molecule has 0 amide bonds. The Hall–Kier alpha value is -1.85. The highest BCUT2D eigenvalue weighted by molar-refractivity contribution is 5.71. The van der Waals surface area contributed by atoms with Crippen LogP contribution in [0.5, 0.6) is 0 Å². The number of unbranched alkanes of at least 4 members (excludes halogenated alkanes) is 46. The lowest BCUT2D eigenvalue weighted by Crippen LogP contribution is -2.30. The third-order valence-electron chi connectivity index (χ3n) is 14.5. The molecule has 0 N–H and O–H groups in total. The average Bonchev–Trinajstić information content (AvgIpc) is 3.36. The van der Waals surface area contributed by atoms with E-state index in [4.69, 9.17) is 14.2 Å². The highest BCUT2D eigenvalue weighted by atomic mass is 16.6. The molecule has 0 aromatic heterocycles. The Morgan fingerprint density at radius 3 is 0.714 bits per heavy atom. The highest BCUT2D eigenvalue weighted by Gasteiger charge is 2.19. The first-order chi connectivity index (χ1) is 34.5. The second kappa shape index (κ2) is 59.7. The van der Waals surface area contributed by atoms with Gasteiger partial charge in [0.15, 0.2) is 6.10 Å². The molecule has 0 rings (SSSR count). The Morgan fingerprint density at radius 2 is 0.471 bits per heavy atom. The maximum atomic E-state index is 12.9. The molecule has 0 aliphatic carbocycles. The number of rotatable bonds is 59. The summed E-state index contributed by atoms with van der Waals surface area (Å²) in [5.41, 5.74) is 0. The molecule has 70 heavy (non-hydrogen) atoms. The van der Waals surface area contributed by atoms with Crippen molar-refractivity contribution in [1.82, 2.24) is 0 Å². The minimum absolute atomic E-state index is 0.0652. The molecule has 0 aliphatic heterocycles. The van der Waals surface area contributed by atoms with Crippen molar-refractivity contribution < 1.29 is 28.6 Å². The van der Waals surface area contributed by atoms with E-state index in [1.165, 1.54) is 263 Å². The van der Waals surface area contributed by atoms with E-state index in [2.05, 4.69) is 32.9 Å². The van der Waals surface area contributed by atoms with E-state index in [-0.39, 0.29) is 31.1 Å². The predicted molar refractivity (Wildman–Crippen MR) is 303 cm³/mol. The van der Waals surface area contributed by atoms with Crippen molar-refractivity contribution >= 4 is 17.9 Å². The smallest absolute Gasteiger partial charge is 0.306 e. The van der Waals surface area contributed by atoms with E-state index in [9.17, 15) is 14.4 Å². The third kappa shape index (κ3) is 57.1. The predicted octanol–water partition coefficient (Wildman–Crippen LogP) is 21.3. The average molecular weight is 988 g/mol. The van der Waals surface area contributed by atoms with E-state index in [1.54, 1.807) is 0 Å². The molecule has 0 spiro atoms. The Morgan fingerprint density at radius 1 is 0.271 bits per heavy atom. The lowest BCUT2D eigenvalue weighted by Gasteiger charge is -2.18. The van der Waals surface area contributed by atoms with E-state index >= 15 is 0 Å². The lowest BCUT2D eigenvalue weighted by molar-refractivity contribution is -0.167. The third-order valence-corrected chi connectivity index (χ3v) is 14.5. The summed E-state index contributed by atoms with van der Waals surface area (Å²) in [6.45, 7) is 6.71. The number of allylic oxidation sites excluding steroid dienone is 2. The van der Waals surface area contributed by atoms with E-state index in [1.807, 2.05) is 0 Å². The molecule has 0 bridgehead atoms. The summed E-state index contributed by atoms with van der Waals surface area (Å²) in [5, 5.41) is 0. The fraction of sp³-hybridized carbons (Fsp3) is 0.922. The quantitative estimate of drug-likeness (QED) is 0.0261. The zero-order valence-corrected chi connectivity index (χ0v) is 47.6. The van der Waals surface area contributed by atoms with Crippen molar-refractivity contribution in [3.05, 3.63) is 12.2 Å². The van der Waals surface area contributed by atoms with Crippen LogP contribution in [0, 0.1) is 0 Å². The number of ether oxygens (including phenoxy) is 3. The molecule has 0 radical (unpaired) electrons. The summed E-state index contributed by atoms with van der Waals surface area (Å²) in [4.78, 5) is 38.3. The monoisotopic (exact) mass is 987 g/mol. The van der Waals surface area contributed by atoms with Gasteiger partial charge in [-0.3, -0.25) is 14.4 Å². The molecule has 414 valence electrons. The van der Waals surface area contributed by atoms with Crippen LogP contribution in [0.4, 0.5) is 0 Å². The van der Waals surface area contributed by atoms with Crippen molar-refractivity contribution in [2.45, 2.75) is 367 Å². The fourth-order valence-electron chi connectivity index (χ4n) is 9.74. The van der Waals surface area contributed by atoms with Gasteiger partial charge in [0.05, 0.1) is 0 Å². The molecule has 0 aliphatic rings. The van der Waals surface area contributed by atoms with E-state index in [0.29, 0.717) is 19.3 Å². The fourth-order valence-corrected chi connectivity index (χ4v) is 9.74. The second-order valence-corrected chi connectivity index (χ2v) is 21.7. The van der Waals surface area contributed by atoms with Crippen LogP contribution in [0.1, 0.15) is 361 Å². The second-order valence-electron chi connectivity index (χ2n) is 21.7. The van der Waals surface area contributed by atoms with Crippen LogP contribution in [0.25, 0.3) is 0 Å². The number of esters is 3. The first kappa shape index (κ1) is 68.2. The molecule has 6 nitrogen and oxygen atoms in total. The Balaban J connectivity index is 4.30. The first-order valence-electron chi connectivity index (χ1n) is 31.7. The summed E-state index contributed by atoms with van der Waals surface area (Å²) >= 11 is 0. The van der Waals surface area contributed by atoms with Gasteiger partial charge in [-0.05, 0) is 44.9 Å². The molecule has 0 saturated carbocycles. The number of carbonyl (C=O) groups excluding carboxylic acids is 3. The van der Waals surface area contributed by atoms with Gasteiger partial charge in [0.2, 0.25) is 0 Å². The first-order valence-corrected chi connectivity index (χ1v) is 31.7. The molecular weight excluding hydrogens is 865 g/mol. The van der Waals surface area contributed by atoms with Gasteiger partial charge >= 0.3 is 17.9 Å². The van der Waals surface area contributed by atoms with E-state index < -0.39 is 6.10 Å². The highest BCUT2D eigenvalue weighted by Crippen LogP contribution is 2.18. The SMILES string of the molecule is CCCCCCCCC/C=C\CCCCCCCCCC(=O)OC(COC(=O)CCCCCCCCCCCCCCCCC)COC(=O)CCCCCCCCCCCCCCCCCCCCC. The molecule has 1 unspecified atom stereocenters. The van der Waals surface area contributed by atoms with E-state index in [0.717, 1.165) is 57.8 Å². The van der Waals surface area contributed by atoms with Gasteiger partial charge in [0.1, 0.15) is 13.2 Å². The lowest BCUT2D eigenvalue weighted by atomic mass is 10.0. The topological polar surface area (TPSA) is 78.9 Å². The van der Waals surface area contributed by atoms with Gasteiger partial charge in [0.25, 0.3) is 0 Å². The minimum atomic E-state index is -0.767. The summed E-state index contributed by atoms with van der Waals surface area (Å²) < 4.78 is 16.9. The zero-order chi connectivity index (χ0) is 50.7. The number of hydrogen-bond acceptors (Lipinski definition) is 6. The molecule has 0 fully saturated rings. The van der Waals surface area contributed by atoms with Gasteiger partial charge in [-0.25, -0.2) is 0 Å². The normalized spacial score (nSPS) is 12.0. The largest absolute Gasteiger partial charge is 0.462 e. The van der Waals surface area contributed by atoms with Crippen LogP contribution < -0.4 is 0 Å². The van der Waals surface area contributed by atoms with Gasteiger partial charge in [-0.2, -0.15) is 0 Å². The Labute approximate surface area is 437 Å². The summed E-state index contributed by atoms with van der Waals surface area (Å²) in [6.07, 6.45) is 69.2. The molecule has 0 aromatic carbocycles. The van der Waals surface area contributed by atoms with Crippen LogP contribution in [0.2, 0.25) is 0 Å². The number of hydrogen-bond donors (Lipinski definition) is 0. The van der Waals surface area contributed by atoms with Crippen LogP contribution in [0.15, 0.2) is 12.2 Å². The van der Waals surface area contributed by atoms with Crippen molar-refractivity contribution in [3.8, 4) is 0 Å². The molecule has 0 aromatic rings. The maximum Gasteiger partial charge on any atom is 0.306 e. The maximum absolute atomic E-state index is 12.9. The van der Waals surface area contributed by atoms with Gasteiger partial charge in [-0.15, -0.1) is 0 Å². The van der Waals surface area contributed by atoms with Crippen molar-refractivity contribution in [2.75, 3.05) is 13.2 Å². The van der Waals surface area contributed by atoms with Gasteiger partial charge in [-0.1, -0.05) is 309 Å². The zero-order valence-electron chi connectivity index (χ0n) is 47.6. The summed E-state index contributed by atoms with van der Waals surface area (Å²) in [6, 6.07) is 0. The molecule has 0 heterocycles. The summed E-state index contributed by atoms with van der Waals surface area (Å²) in [5.74, 6) is -0.839. The van der Waals surface area contributed by atoms with Crippen LogP contribution in [-0.2, 0) is 28.6 Å². The standard InChI is InChI=1S/C64H122O6/c1-4-7-10-13-16-19-22-25-28-30-32-34-36-39-42-45-48-51-54-57-63(66)69-60-61(59-68-62(65)56-53-50-47-44-41-38-35-27-24-21-18-15-12-9-6-3)70-64(67)58-55-52-49-46-43-40-37-33-31-29-26-23-20-17-14-11-8-5-2/h29,31,61H,4-28,30,32-60H2,1-3H3/b31-29-. The summed E-state index contributed by atoms with van der Waals surface area (Å²) in [7, 11) is 0. The molecule has 6 heteroatoms. The molecular formula is C64H122O6. The minimum Gasteiger partial charge on any atom is -0.462 e.